The molecule has 1 heterocycles. The van der Waals surface area contributed by atoms with Crippen molar-refractivity contribution < 1.29 is 9.59 Å². The molecule has 0 unspecified atom stereocenters. The average Bonchev–Trinajstić information content (AvgIpc) is 3.22. The Morgan fingerprint density at radius 3 is 2.54 bits per heavy atom. The molecule has 1 aromatic carbocycles. The fraction of sp³-hybridized carbons (Fsp3) is 0.579. The van der Waals surface area contributed by atoms with Crippen LogP contribution in [-0.4, -0.2) is 29.9 Å². The largest absolute Gasteiger partial charge is 0.338 e. The number of carbonyl (C=O) groups excluding carboxylic acids is 2. The van der Waals surface area contributed by atoms with E-state index in [2.05, 4.69) is 10.6 Å². The lowest BCUT2D eigenvalue weighted by Crippen LogP contribution is -2.30. The molecule has 1 aromatic rings. The van der Waals surface area contributed by atoms with Crippen LogP contribution in [-0.2, 0) is 11.3 Å². The van der Waals surface area contributed by atoms with E-state index in [-0.39, 0.29) is 11.9 Å². The summed E-state index contributed by atoms with van der Waals surface area (Å²) in [5, 5.41) is 5.80. The maximum absolute atomic E-state index is 11.9. The number of anilines is 1. The van der Waals surface area contributed by atoms with Crippen molar-refractivity contribution >= 4 is 17.6 Å². The predicted octanol–water partition coefficient (Wildman–Crippen LogP) is 3.51. The summed E-state index contributed by atoms with van der Waals surface area (Å²) in [5.74, 6) is 1.02. The van der Waals surface area contributed by atoms with Gasteiger partial charge in [0, 0.05) is 31.7 Å². The smallest absolute Gasteiger partial charge is 0.319 e. The number of carbonyl (C=O) groups is 2. The number of benzene rings is 1. The Hall–Kier alpha value is -2.04. The first-order valence-electron chi connectivity index (χ1n) is 9.12. The molecule has 0 spiro atoms. The maximum Gasteiger partial charge on any atom is 0.319 e. The van der Waals surface area contributed by atoms with Crippen LogP contribution < -0.4 is 10.6 Å². The van der Waals surface area contributed by atoms with Crippen LogP contribution in [0.2, 0.25) is 0 Å². The van der Waals surface area contributed by atoms with Crippen LogP contribution in [0.15, 0.2) is 24.3 Å². The Kier molecular flexibility index (Phi) is 5.72. The zero-order valence-corrected chi connectivity index (χ0v) is 14.2. The molecule has 2 fully saturated rings. The summed E-state index contributed by atoms with van der Waals surface area (Å²) in [6, 6.07) is 7.59. The third-order valence-corrected chi connectivity index (χ3v) is 5.07. The second-order valence-electron chi connectivity index (χ2n) is 6.94. The first-order valence-corrected chi connectivity index (χ1v) is 9.12. The van der Waals surface area contributed by atoms with Crippen molar-refractivity contribution in [3.63, 3.8) is 0 Å². The van der Waals surface area contributed by atoms with Crippen LogP contribution in [0.4, 0.5) is 10.5 Å². The molecule has 5 nitrogen and oxygen atoms in total. The molecule has 1 saturated carbocycles. The van der Waals surface area contributed by atoms with Crippen molar-refractivity contribution in [3.8, 4) is 0 Å². The van der Waals surface area contributed by atoms with E-state index in [9.17, 15) is 9.59 Å². The molecule has 24 heavy (non-hydrogen) atoms. The zero-order chi connectivity index (χ0) is 16.8. The van der Waals surface area contributed by atoms with E-state index in [0.717, 1.165) is 43.1 Å². The number of hydrogen-bond acceptors (Lipinski definition) is 2. The van der Waals surface area contributed by atoms with Crippen molar-refractivity contribution in [2.24, 2.45) is 5.92 Å². The summed E-state index contributed by atoms with van der Waals surface area (Å²) in [6.07, 6.45) is 8.00. The number of hydrogen-bond donors (Lipinski definition) is 2. The molecule has 0 aromatic heterocycles. The van der Waals surface area contributed by atoms with Gasteiger partial charge in [0.25, 0.3) is 0 Å². The number of nitrogens with zero attached hydrogens (tertiary/aromatic N) is 1. The number of nitrogens with one attached hydrogen (secondary N) is 2. The SMILES string of the molecule is O=C(NCCC1CCCC1)Nc1ccc(CN2CCCC2=O)cc1. The topological polar surface area (TPSA) is 61.4 Å². The zero-order valence-electron chi connectivity index (χ0n) is 14.2. The van der Waals surface area contributed by atoms with Gasteiger partial charge in [0.15, 0.2) is 0 Å². The van der Waals surface area contributed by atoms with Gasteiger partial charge in [-0.05, 0) is 36.5 Å². The maximum atomic E-state index is 11.9. The molecule has 130 valence electrons. The van der Waals surface area contributed by atoms with Gasteiger partial charge in [-0.15, -0.1) is 0 Å². The van der Waals surface area contributed by atoms with Crippen LogP contribution in [0, 0.1) is 5.92 Å². The minimum absolute atomic E-state index is 0.143. The highest BCUT2D eigenvalue weighted by Gasteiger charge is 2.19. The van der Waals surface area contributed by atoms with E-state index in [1.54, 1.807) is 0 Å². The Bertz CT molecular complexity index is 564. The fourth-order valence-electron chi connectivity index (χ4n) is 3.65. The van der Waals surface area contributed by atoms with Gasteiger partial charge >= 0.3 is 6.03 Å². The Labute approximate surface area is 143 Å². The van der Waals surface area contributed by atoms with E-state index in [1.807, 2.05) is 29.2 Å². The average molecular weight is 329 g/mol. The van der Waals surface area contributed by atoms with E-state index in [0.29, 0.717) is 13.0 Å². The van der Waals surface area contributed by atoms with Crippen molar-refractivity contribution in [1.29, 1.82) is 0 Å². The second-order valence-corrected chi connectivity index (χ2v) is 6.94. The molecule has 0 radical (unpaired) electrons. The van der Waals surface area contributed by atoms with Crippen molar-refractivity contribution in [2.45, 2.75) is 51.5 Å². The molecule has 1 aliphatic carbocycles. The number of likely N-dealkylation sites (tertiary alicyclic amines) is 1. The van der Waals surface area contributed by atoms with E-state index in [4.69, 9.17) is 0 Å². The van der Waals surface area contributed by atoms with Gasteiger partial charge in [-0.2, -0.15) is 0 Å². The number of rotatable bonds is 6. The van der Waals surface area contributed by atoms with E-state index in [1.165, 1.54) is 25.7 Å². The van der Waals surface area contributed by atoms with Gasteiger partial charge in [-0.25, -0.2) is 4.79 Å². The standard InChI is InChI=1S/C19H27N3O2/c23-18-6-3-13-22(18)14-16-7-9-17(10-8-16)21-19(24)20-12-11-15-4-1-2-5-15/h7-10,15H,1-6,11-14H2,(H2,20,21,24). The molecule has 2 N–H and O–H groups in total. The Morgan fingerprint density at radius 1 is 1.12 bits per heavy atom. The van der Waals surface area contributed by atoms with Gasteiger partial charge in [0.1, 0.15) is 0 Å². The Balaban J connectivity index is 1.40. The molecular weight excluding hydrogens is 302 g/mol. The fourth-order valence-corrected chi connectivity index (χ4v) is 3.65. The number of amides is 3. The quantitative estimate of drug-likeness (QED) is 0.839. The highest BCUT2D eigenvalue weighted by atomic mass is 16.2. The lowest BCUT2D eigenvalue weighted by Gasteiger charge is -2.16. The normalized spacial score (nSPS) is 18.2. The highest BCUT2D eigenvalue weighted by Crippen LogP contribution is 2.26. The van der Waals surface area contributed by atoms with Gasteiger partial charge in [-0.1, -0.05) is 37.8 Å². The summed E-state index contributed by atoms with van der Waals surface area (Å²) >= 11 is 0. The molecule has 2 aliphatic rings. The van der Waals surface area contributed by atoms with Crippen molar-refractivity contribution in [1.82, 2.24) is 10.2 Å². The third-order valence-electron chi connectivity index (χ3n) is 5.07. The molecule has 5 heteroatoms. The molecular formula is C19H27N3O2. The third kappa shape index (κ3) is 4.73. The lowest BCUT2D eigenvalue weighted by molar-refractivity contribution is -0.128. The summed E-state index contributed by atoms with van der Waals surface area (Å²) in [6.45, 7) is 2.25. The summed E-state index contributed by atoms with van der Waals surface area (Å²) < 4.78 is 0. The Morgan fingerprint density at radius 2 is 1.88 bits per heavy atom. The van der Waals surface area contributed by atoms with Crippen LogP contribution in [0.3, 0.4) is 0 Å². The molecule has 1 saturated heterocycles. The van der Waals surface area contributed by atoms with Gasteiger partial charge in [0.05, 0.1) is 0 Å². The second kappa shape index (κ2) is 8.18. The van der Waals surface area contributed by atoms with Crippen molar-refractivity contribution in [3.05, 3.63) is 29.8 Å². The van der Waals surface area contributed by atoms with Gasteiger partial charge in [0.2, 0.25) is 5.91 Å². The first kappa shape index (κ1) is 16.8. The molecule has 3 rings (SSSR count). The van der Waals surface area contributed by atoms with E-state index >= 15 is 0 Å². The van der Waals surface area contributed by atoms with Crippen LogP contribution in [0.1, 0.15) is 50.5 Å². The van der Waals surface area contributed by atoms with Crippen LogP contribution in [0.25, 0.3) is 0 Å². The summed E-state index contributed by atoms with van der Waals surface area (Å²) in [5.41, 5.74) is 1.88. The van der Waals surface area contributed by atoms with Gasteiger partial charge in [-0.3, -0.25) is 4.79 Å². The van der Waals surface area contributed by atoms with Crippen LogP contribution >= 0.6 is 0 Å². The predicted molar refractivity (Wildman–Crippen MR) is 94.7 cm³/mol. The number of urea groups is 1. The van der Waals surface area contributed by atoms with E-state index < -0.39 is 0 Å². The summed E-state index contributed by atoms with van der Waals surface area (Å²) in [7, 11) is 0. The monoisotopic (exact) mass is 329 g/mol. The molecule has 0 atom stereocenters. The van der Waals surface area contributed by atoms with Crippen molar-refractivity contribution in [2.75, 3.05) is 18.4 Å². The minimum atomic E-state index is -0.143. The lowest BCUT2D eigenvalue weighted by atomic mass is 10.0. The minimum Gasteiger partial charge on any atom is -0.338 e. The molecule has 1 aliphatic heterocycles. The highest BCUT2D eigenvalue weighted by molar-refractivity contribution is 5.89. The summed E-state index contributed by atoms with van der Waals surface area (Å²) in [4.78, 5) is 25.5. The first-order chi connectivity index (χ1) is 11.7. The molecule has 0 bridgehead atoms. The van der Waals surface area contributed by atoms with Gasteiger partial charge < -0.3 is 15.5 Å². The van der Waals surface area contributed by atoms with Crippen LogP contribution in [0.5, 0.6) is 0 Å². The molecule has 3 amide bonds.